The Hall–Kier alpha value is -1.82. The molecular weight excluding hydrogens is 216 g/mol. The predicted molar refractivity (Wildman–Crippen MR) is 77.5 cm³/mol. The molecule has 1 fully saturated rings. The molecule has 0 amide bonds. The van der Waals surface area contributed by atoms with Gasteiger partial charge in [-0.2, -0.15) is 0 Å². The molecule has 18 heavy (non-hydrogen) atoms. The average molecular weight is 234 g/mol. The van der Waals surface area contributed by atoms with E-state index >= 15 is 0 Å². The van der Waals surface area contributed by atoms with Crippen molar-refractivity contribution in [1.29, 1.82) is 0 Å². The second-order valence-corrected chi connectivity index (χ2v) is 5.19. The highest BCUT2D eigenvalue weighted by Gasteiger charge is 2.35. The monoisotopic (exact) mass is 234 g/mol. The molecule has 1 saturated carbocycles. The molecule has 0 nitrogen and oxygen atoms in total. The molecule has 0 aromatic heterocycles. The van der Waals surface area contributed by atoms with E-state index in [9.17, 15) is 0 Å². The van der Waals surface area contributed by atoms with Crippen LogP contribution in [0.3, 0.4) is 0 Å². The fourth-order valence-corrected chi connectivity index (χ4v) is 2.42. The van der Waals surface area contributed by atoms with E-state index in [1.54, 1.807) is 0 Å². The number of benzene rings is 2. The first kappa shape index (κ1) is 11.3. The molecule has 3 rings (SSSR count). The van der Waals surface area contributed by atoms with Gasteiger partial charge in [0.05, 0.1) is 0 Å². The second-order valence-electron chi connectivity index (χ2n) is 5.19. The third-order valence-electron chi connectivity index (χ3n) is 3.68. The summed E-state index contributed by atoms with van der Waals surface area (Å²) in [4.78, 5) is 0. The van der Waals surface area contributed by atoms with Gasteiger partial charge in [-0.05, 0) is 36.3 Å². The number of rotatable bonds is 3. The topological polar surface area (TPSA) is 0 Å². The number of allylic oxidation sites excluding steroid dienone is 1. The van der Waals surface area contributed by atoms with Gasteiger partial charge in [-0.15, -0.1) is 0 Å². The Morgan fingerprint density at radius 2 is 1.67 bits per heavy atom. The predicted octanol–water partition coefficient (Wildman–Crippen LogP) is 4.81. The lowest BCUT2D eigenvalue weighted by molar-refractivity contribution is 1.01. The lowest BCUT2D eigenvalue weighted by Gasteiger charge is -1.99. The summed E-state index contributed by atoms with van der Waals surface area (Å²) in [5.41, 5.74) is 4.13. The maximum Gasteiger partial charge on any atom is -0.00929 e. The molecule has 1 aliphatic rings. The van der Waals surface area contributed by atoms with Crippen LogP contribution < -0.4 is 0 Å². The van der Waals surface area contributed by atoms with Crippen molar-refractivity contribution in [2.45, 2.75) is 19.3 Å². The minimum Gasteiger partial charge on any atom is -0.0802 e. The zero-order valence-corrected chi connectivity index (χ0v) is 10.7. The lowest BCUT2D eigenvalue weighted by atomic mass is 10.1. The number of hydrogen-bond acceptors (Lipinski definition) is 0. The summed E-state index contributed by atoms with van der Waals surface area (Å²) in [6.07, 6.45) is 5.91. The Labute approximate surface area is 109 Å². The molecule has 0 N–H and O–H groups in total. The molecule has 2 aromatic rings. The molecule has 90 valence electrons. The van der Waals surface area contributed by atoms with Crippen molar-refractivity contribution < 1.29 is 0 Å². The summed E-state index contributed by atoms with van der Waals surface area (Å²) in [6.45, 7) is 2.14. The van der Waals surface area contributed by atoms with Gasteiger partial charge in [-0.25, -0.2) is 0 Å². The van der Waals surface area contributed by atoms with Gasteiger partial charge in [0.2, 0.25) is 0 Å². The molecule has 0 aliphatic heterocycles. The second kappa shape index (κ2) is 4.81. The minimum absolute atomic E-state index is 0.730. The minimum atomic E-state index is 0.730. The zero-order chi connectivity index (χ0) is 12.4. The molecular formula is C18H18. The summed E-state index contributed by atoms with van der Waals surface area (Å²) in [6, 6.07) is 19.5. The highest BCUT2D eigenvalue weighted by atomic mass is 14.4. The van der Waals surface area contributed by atoms with Gasteiger partial charge >= 0.3 is 0 Å². The van der Waals surface area contributed by atoms with Gasteiger partial charge in [0, 0.05) is 0 Å². The Kier molecular flexibility index (Phi) is 3.02. The summed E-state index contributed by atoms with van der Waals surface area (Å²) in [5, 5.41) is 0. The fourth-order valence-electron chi connectivity index (χ4n) is 2.42. The molecule has 1 aliphatic carbocycles. The van der Waals surface area contributed by atoms with E-state index < -0.39 is 0 Å². The Morgan fingerprint density at radius 1 is 0.944 bits per heavy atom. The highest BCUT2D eigenvalue weighted by Crippen LogP contribution is 2.48. The summed E-state index contributed by atoms with van der Waals surface area (Å²) >= 11 is 0. The highest BCUT2D eigenvalue weighted by molar-refractivity contribution is 5.50. The molecule has 0 unspecified atom stereocenters. The fraction of sp³-hybridized carbons (Fsp3) is 0.222. The van der Waals surface area contributed by atoms with Crippen molar-refractivity contribution in [3.8, 4) is 0 Å². The van der Waals surface area contributed by atoms with Gasteiger partial charge < -0.3 is 0 Å². The molecule has 2 atom stereocenters. The molecule has 0 heteroatoms. The molecule has 0 heterocycles. The van der Waals surface area contributed by atoms with E-state index in [0.717, 1.165) is 11.8 Å². The number of aryl methyl sites for hydroxylation is 1. The number of hydrogen-bond donors (Lipinski definition) is 0. The van der Waals surface area contributed by atoms with E-state index in [-0.39, 0.29) is 0 Å². The van der Waals surface area contributed by atoms with Crippen LogP contribution in [0.25, 0.3) is 6.08 Å². The van der Waals surface area contributed by atoms with E-state index in [2.05, 4.69) is 73.7 Å². The van der Waals surface area contributed by atoms with Crippen molar-refractivity contribution in [3.63, 3.8) is 0 Å². The van der Waals surface area contributed by atoms with Gasteiger partial charge in [0.1, 0.15) is 0 Å². The van der Waals surface area contributed by atoms with Crippen LogP contribution >= 0.6 is 0 Å². The molecule has 0 spiro atoms. The van der Waals surface area contributed by atoms with Crippen LogP contribution in [0.1, 0.15) is 29.0 Å². The normalized spacial score (nSPS) is 22.3. The standard InChI is InChI=1S/C18H18/c1-14-7-10-16(11-8-14)18-13-17(18)12-9-15-5-3-2-4-6-15/h2-12,17-18H,13H2,1H3/b12-9+/t17-,18-/m0/s1. The first-order chi connectivity index (χ1) is 8.83. The largest absolute Gasteiger partial charge is 0.0802 e. The van der Waals surface area contributed by atoms with Crippen LogP contribution in [0.15, 0.2) is 60.7 Å². The van der Waals surface area contributed by atoms with Crippen molar-refractivity contribution in [2.24, 2.45) is 5.92 Å². The van der Waals surface area contributed by atoms with E-state index in [0.29, 0.717) is 0 Å². The SMILES string of the molecule is Cc1ccc([C@@H]2C[C@@H]2/C=C/c2ccccc2)cc1. The summed E-state index contributed by atoms with van der Waals surface area (Å²) in [7, 11) is 0. The van der Waals surface area contributed by atoms with Crippen LogP contribution in [0.2, 0.25) is 0 Å². The molecule has 2 aromatic carbocycles. The molecule has 0 radical (unpaired) electrons. The van der Waals surface area contributed by atoms with Crippen LogP contribution in [0.4, 0.5) is 0 Å². The quantitative estimate of drug-likeness (QED) is 0.714. The third kappa shape index (κ3) is 2.53. The van der Waals surface area contributed by atoms with Crippen molar-refractivity contribution in [2.75, 3.05) is 0 Å². The first-order valence-corrected chi connectivity index (χ1v) is 6.63. The Balaban J connectivity index is 1.65. The average Bonchev–Trinajstić information content (AvgIpc) is 3.18. The summed E-state index contributed by atoms with van der Waals surface area (Å²) < 4.78 is 0. The Morgan fingerprint density at radius 3 is 2.39 bits per heavy atom. The Bertz CT molecular complexity index is 534. The third-order valence-corrected chi connectivity index (χ3v) is 3.68. The van der Waals surface area contributed by atoms with Gasteiger partial charge in [0.25, 0.3) is 0 Å². The van der Waals surface area contributed by atoms with Crippen LogP contribution in [0.5, 0.6) is 0 Å². The molecule has 0 bridgehead atoms. The van der Waals surface area contributed by atoms with Crippen molar-refractivity contribution in [3.05, 3.63) is 77.4 Å². The van der Waals surface area contributed by atoms with E-state index in [4.69, 9.17) is 0 Å². The van der Waals surface area contributed by atoms with Gasteiger partial charge in [-0.3, -0.25) is 0 Å². The van der Waals surface area contributed by atoms with Gasteiger partial charge in [-0.1, -0.05) is 72.3 Å². The maximum atomic E-state index is 2.36. The summed E-state index contributed by atoms with van der Waals surface area (Å²) in [5.74, 6) is 1.47. The first-order valence-electron chi connectivity index (χ1n) is 6.63. The smallest absolute Gasteiger partial charge is 0.00929 e. The van der Waals surface area contributed by atoms with Crippen molar-refractivity contribution >= 4 is 6.08 Å². The van der Waals surface area contributed by atoms with Gasteiger partial charge in [0.15, 0.2) is 0 Å². The lowest BCUT2D eigenvalue weighted by Crippen LogP contribution is -1.81. The molecule has 0 saturated heterocycles. The maximum absolute atomic E-state index is 2.36. The van der Waals surface area contributed by atoms with Crippen molar-refractivity contribution in [1.82, 2.24) is 0 Å². The zero-order valence-electron chi connectivity index (χ0n) is 10.7. The van der Waals surface area contributed by atoms with E-state index in [1.807, 2.05) is 0 Å². The van der Waals surface area contributed by atoms with Crippen LogP contribution in [0, 0.1) is 12.8 Å². The van der Waals surface area contributed by atoms with Crippen LogP contribution in [-0.2, 0) is 0 Å². The van der Waals surface area contributed by atoms with Crippen LogP contribution in [-0.4, -0.2) is 0 Å². The van der Waals surface area contributed by atoms with E-state index in [1.165, 1.54) is 23.1 Å².